The van der Waals surface area contributed by atoms with Crippen LogP contribution in [0.2, 0.25) is 0 Å². The number of anilines is 6. The number of rotatable bonds is 8. The molecular formula is C52H44N2O. The third kappa shape index (κ3) is 5.72. The van der Waals surface area contributed by atoms with Crippen molar-refractivity contribution in [3.63, 3.8) is 0 Å². The van der Waals surface area contributed by atoms with Crippen molar-refractivity contribution in [3.8, 4) is 11.1 Å². The SMILES string of the molecule is c1ccc(N(c2ccccc2)c2ccc3c(c2)oc2ccc(N(c4ccccc4)c4ccc(-c5ccc(C67CC8CC(CC(C8)C6)C7)cc5)cc4)cc23)cc1. The van der Waals surface area contributed by atoms with Crippen molar-refractivity contribution in [1.29, 1.82) is 0 Å². The summed E-state index contributed by atoms with van der Waals surface area (Å²) in [5.74, 6) is 2.88. The van der Waals surface area contributed by atoms with Crippen LogP contribution >= 0.6 is 0 Å². The number of nitrogens with zero attached hydrogens (tertiary/aromatic N) is 2. The van der Waals surface area contributed by atoms with Crippen LogP contribution < -0.4 is 9.80 Å². The summed E-state index contributed by atoms with van der Waals surface area (Å²) < 4.78 is 6.56. The van der Waals surface area contributed by atoms with Crippen molar-refractivity contribution in [2.75, 3.05) is 9.80 Å². The van der Waals surface area contributed by atoms with Gasteiger partial charge >= 0.3 is 0 Å². The summed E-state index contributed by atoms with van der Waals surface area (Å²) in [5, 5.41) is 2.20. The van der Waals surface area contributed by atoms with Crippen LogP contribution in [-0.4, -0.2) is 0 Å². The summed E-state index contributed by atoms with van der Waals surface area (Å²) >= 11 is 0. The van der Waals surface area contributed by atoms with Crippen LogP contribution in [0.3, 0.4) is 0 Å². The first-order valence-corrected chi connectivity index (χ1v) is 20.1. The minimum atomic E-state index is 0.432. The zero-order valence-electron chi connectivity index (χ0n) is 31.0. The van der Waals surface area contributed by atoms with Crippen LogP contribution in [0.15, 0.2) is 180 Å². The van der Waals surface area contributed by atoms with E-state index in [9.17, 15) is 0 Å². The van der Waals surface area contributed by atoms with Gasteiger partial charge in [0.15, 0.2) is 0 Å². The highest BCUT2D eigenvalue weighted by Crippen LogP contribution is 2.60. The quantitative estimate of drug-likeness (QED) is 0.156. The molecule has 55 heavy (non-hydrogen) atoms. The average Bonchev–Trinajstić information content (AvgIpc) is 3.59. The molecule has 0 N–H and O–H groups in total. The summed E-state index contributed by atoms with van der Waals surface area (Å²) in [6.07, 6.45) is 8.68. The van der Waals surface area contributed by atoms with Gasteiger partial charge in [-0.15, -0.1) is 0 Å². The smallest absolute Gasteiger partial charge is 0.137 e. The molecule has 8 aromatic rings. The van der Waals surface area contributed by atoms with Gasteiger partial charge in [-0.3, -0.25) is 0 Å². The number of hydrogen-bond acceptors (Lipinski definition) is 3. The fraction of sp³-hybridized carbons (Fsp3) is 0.192. The highest BCUT2D eigenvalue weighted by molar-refractivity contribution is 6.07. The lowest BCUT2D eigenvalue weighted by atomic mass is 9.48. The standard InChI is InChI=1S/C52H44N2O/c1-4-10-42(11-5-1)53(43-12-6-2-7-13-43)47-24-26-48-49-31-46(25-27-50(49)55-51(48)32-47)54(44-14-8-3-9-15-44)45-22-18-40(19-23-45)39-16-20-41(21-17-39)52-33-36-28-37(34-52)30-38(29-36)35-52/h1-27,31-32,36-38H,28-30,33-35H2. The van der Waals surface area contributed by atoms with E-state index in [1.807, 2.05) is 0 Å². The first kappa shape index (κ1) is 32.4. The van der Waals surface area contributed by atoms with E-state index in [0.29, 0.717) is 5.41 Å². The molecule has 0 radical (unpaired) electrons. The number of hydrogen-bond donors (Lipinski definition) is 0. The molecule has 1 aromatic heterocycles. The molecule has 3 nitrogen and oxygen atoms in total. The van der Waals surface area contributed by atoms with Gasteiger partial charge in [-0.2, -0.15) is 0 Å². The van der Waals surface area contributed by atoms with Gasteiger partial charge in [0.2, 0.25) is 0 Å². The predicted molar refractivity (Wildman–Crippen MR) is 228 cm³/mol. The van der Waals surface area contributed by atoms with Crippen LogP contribution in [0, 0.1) is 17.8 Å². The van der Waals surface area contributed by atoms with Gasteiger partial charge in [-0.25, -0.2) is 0 Å². The van der Waals surface area contributed by atoms with E-state index >= 15 is 0 Å². The maximum Gasteiger partial charge on any atom is 0.137 e. The van der Waals surface area contributed by atoms with Crippen molar-refractivity contribution < 1.29 is 4.42 Å². The van der Waals surface area contributed by atoms with Crippen LogP contribution in [0.1, 0.15) is 44.1 Å². The molecule has 4 bridgehead atoms. The highest BCUT2D eigenvalue weighted by atomic mass is 16.3. The summed E-state index contributed by atoms with van der Waals surface area (Å²) in [4.78, 5) is 4.62. The second kappa shape index (κ2) is 13.1. The van der Waals surface area contributed by atoms with Gasteiger partial charge < -0.3 is 14.2 Å². The molecule has 4 aliphatic carbocycles. The lowest BCUT2D eigenvalue weighted by Crippen LogP contribution is -2.48. The van der Waals surface area contributed by atoms with Crippen molar-refractivity contribution in [1.82, 2.24) is 0 Å². The van der Waals surface area contributed by atoms with E-state index in [0.717, 1.165) is 73.8 Å². The van der Waals surface area contributed by atoms with Crippen molar-refractivity contribution in [2.24, 2.45) is 17.8 Å². The minimum absolute atomic E-state index is 0.432. The topological polar surface area (TPSA) is 19.6 Å². The fourth-order valence-corrected chi connectivity index (χ4v) is 10.9. The molecule has 0 spiro atoms. The number of furan rings is 1. The fourth-order valence-electron chi connectivity index (χ4n) is 10.9. The average molecular weight is 713 g/mol. The minimum Gasteiger partial charge on any atom is -0.456 e. The van der Waals surface area contributed by atoms with Crippen LogP contribution in [0.5, 0.6) is 0 Å². The van der Waals surface area contributed by atoms with Gasteiger partial charge in [0.1, 0.15) is 11.2 Å². The molecule has 1 heterocycles. The molecule has 12 rings (SSSR count). The number of benzene rings is 7. The van der Waals surface area contributed by atoms with E-state index in [1.165, 1.54) is 49.7 Å². The zero-order valence-corrected chi connectivity index (χ0v) is 31.0. The monoisotopic (exact) mass is 712 g/mol. The largest absolute Gasteiger partial charge is 0.456 e. The Kier molecular flexibility index (Phi) is 7.69. The second-order valence-electron chi connectivity index (χ2n) is 16.5. The molecule has 0 amide bonds. The predicted octanol–water partition coefficient (Wildman–Crippen LogP) is 14.7. The Hall–Kier alpha value is -6.06. The van der Waals surface area contributed by atoms with Gasteiger partial charge in [0, 0.05) is 51.0 Å². The van der Waals surface area contributed by atoms with Crippen LogP contribution in [-0.2, 0) is 5.41 Å². The molecule has 4 fully saturated rings. The van der Waals surface area contributed by atoms with E-state index in [2.05, 4.69) is 186 Å². The van der Waals surface area contributed by atoms with Gasteiger partial charge in [0.05, 0.1) is 0 Å². The Morgan fingerprint density at radius 2 is 0.818 bits per heavy atom. The summed E-state index contributed by atoms with van der Waals surface area (Å²) in [6.45, 7) is 0. The summed E-state index contributed by atoms with van der Waals surface area (Å²) in [7, 11) is 0. The van der Waals surface area contributed by atoms with E-state index in [-0.39, 0.29) is 0 Å². The third-order valence-corrected chi connectivity index (χ3v) is 13.0. The van der Waals surface area contributed by atoms with E-state index in [1.54, 1.807) is 5.56 Å². The molecule has 7 aromatic carbocycles. The highest BCUT2D eigenvalue weighted by Gasteiger charge is 2.51. The molecule has 0 aliphatic heterocycles. The van der Waals surface area contributed by atoms with Crippen LogP contribution in [0.4, 0.5) is 34.1 Å². The Morgan fingerprint density at radius 3 is 1.35 bits per heavy atom. The van der Waals surface area contributed by atoms with Gasteiger partial charge in [-0.05, 0) is 157 Å². The lowest BCUT2D eigenvalue weighted by molar-refractivity contribution is -0.00518. The molecule has 4 aliphatic rings. The Bertz CT molecular complexity index is 2540. The summed E-state index contributed by atoms with van der Waals surface area (Å²) in [6, 6.07) is 63.6. The van der Waals surface area contributed by atoms with Gasteiger partial charge in [-0.1, -0.05) is 91.0 Å². The first-order chi connectivity index (χ1) is 27.2. The maximum absolute atomic E-state index is 6.56. The van der Waals surface area contributed by atoms with Gasteiger partial charge in [0.25, 0.3) is 0 Å². The van der Waals surface area contributed by atoms with Crippen molar-refractivity contribution in [3.05, 3.63) is 181 Å². The molecule has 0 saturated heterocycles. The number of para-hydroxylation sites is 3. The molecule has 3 heteroatoms. The molecular weight excluding hydrogens is 669 g/mol. The Balaban J connectivity index is 0.922. The second-order valence-corrected chi connectivity index (χ2v) is 16.5. The van der Waals surface area contributed by atoms with Crippen molar-refractivity contribution in [2.45, 2.75) is 43.9 Å². The summed E-state index contributed by atoms with van der Waals surface area (Å²) in [5.41, 5.74) is 12.9. The molecule has 0 atom stereocenters. The maximum atomic E-state index is 6.56. The Labute approximate surface area is 323 Å². The lowest BCUT2D eigenvalue weighted by Gasteiger charge is -2.57. The molecule has 268 valence electrons. The van der Waals surface area contributed by atoms with Crippen molar-refractivity contribution >= 4 is 56.1 Å². The zero-order chi connectivity index (χ0) is 36.3. The third-order valence-electron chi connectivity index (χ3n) is 13.0. The number of fused-ring (bicyclic) bond motifs is 3. The molecule has 0 unspecified atom stereocenters. The Morgan fingerprint density at radius 1 is 0.382 bits per heavy atom. The molecule has 4 saturated carbocycles. The normalized spacial score (nSPS) is 21.3. The first-order valence-electron chi connectivity index (χ1n) is 20.1. The van der Waals surface area contributed by atoms with E-state index < -0.39 is 0 Å². The van der Waals surface area contributed by atoms with Crippen LogP contribution in [0.25, 0.3) is 33.1 Å². The van der Waals surface area contributed by atoms with E-state index in [4.69, 9.17) is 4.42 Å².